The van der Waals surface area contributed by atoms with Crippen molar-refractivity contribution in [2.45, 2.75) is 11.8 Å². The molecule has 0 unspecified atom stereocenters. The van der Waals surface area contributed by atoms with Crippen LogP contribution >= 0.6 is 0 Å². The van der Waals surface area contributed by atoms with Gasteiger partial charge in [-0.3, -0.25) is 9.52 Å². The summed E-state index contributed by atoms with van der Waals surface area (Å²) in [4.78, 5) is 10.8. The number of para-hydroxylation sites is 1. The number of carbonyl (C=O) groups excluding carboxylic acids is 1. The lowest BCUT2D eigenvalue weighted by Crippen LogP contribution is -2.13. The number of hydrogen-bond acceptors (Lipinski definition) is 4. The number of aryl methyl sites for hydroxylation is 1. The monoisotopic (exact) mass is 341 g/mol. The fourth-order valence-corrected chi connectivity index (χ4v) is 3.39. The Balaban J connectivity index is 1.86. The molecular formula is C18H15NO4S. The van der Waals surface area contributed by atoms with E-state index in [4.69, 9.17) is 4.42 Å². The average molecular weight is 341 g/mol. The van der Waals surface area contributed by atoms with Crippen LogP contribution in [0, 0.1) is 6.92 Å². The van der Waals surface area contributed by atoms with Gasteiger partial charge in [-0.1, -0.05) is 18.2 Å². The van der Waals surface area contributed by atoms with Crippen LogP contribution in [0.4, 0.5) is 5.69 Å². The Bertz CT molecular complexity index is 972. The van der Waals surface area contributed by atoms with Gasteiger partial charge >= 0.3 is 0 Å². The number of hydrogen-bond donors (Lipinski definition) is 1. The molecule has 0 saturated carbocycles. The summed E-state index contributed by atoms with van der Waals surface area (Å²) in [5.41, 5.74) is 2.08. The summed E-state index contributed by atoms with van der Waals surface area (Å²) >= 11 is 0. The van der Waals surface area contributed by atoms with Crippen molar-refractivity contribution in [3.63, 3.8) is 0 Å². The lowest BCUT2D eigenvalue weighted by Gasteiger charge is -2.10. The molecule has 0 atom stereocenters. The van der Waals surface area contributed by atoms with Gasteiger partial charge in [-0.05, 0) is 55.0 Å². The Morgan fingerprint density at radius 1 is 0.958 bits per heavy atom. The maximum absolute atomic E-state index is 12.5. The van der Waals surface area contributed by atoms with Crippen LogP contribution in [0.1, 0.15) is 16.1 Å². The predicted octanol–water partition coefficient (Wildman–Crippen LogP) is 3.87. The van der Waals surface area contributed by atoms with Crippen LogP contribution in [0.25, 0.3) is 11.3 Å². The molecule has 0 bridgehead atoms. The summed E-state index contributed by atoms with van der Waals surface area (Å²) in [5, 5.41) is 0. The van der Waals surface area contributed by atoms with E-state index in [1.165, 1.54) is 12.1 Å². The number of benzene rings is 2. The minimum absolute atomic E-state index is 0.150. The van der Waals surface area contributed by atoms with Gasteiger partial charge < -0.3 is 4.42 Å². The van der Waals surface area contributed by atoms with Gasteiger partial charge in [0.25, 0.3) is 10.0 Å². The fourth-order valence-electron chi connectivity index (χ4n) is 2.26. The molecular weight excluding hydrogens is 326 g/mol. The Kier molecular flexibility index (Phi) is 4.22. The third kappa shape index (κ3) is 3.23. The molecule has 0 amide bonds. The van der Waals surface area contributed by atoms with Gasteiger partial charge in [0.2, 0.25) is 0 Å². The molecule has 1 N–H and O–H groups in total. The molecule has 0 fully saturated rings. The molecule has 0 aliphatic heterocycles. The van der Waals surface area contributed by atoms with Crippen LogP contribution in [0.15, 0.2) is 70.0 Å². The molecule has 0 saturated heterocycles. The molecule has 0 radical (unpaired) electrons. The molecule has 0 aliphatic rings. The first-order chi connectivity index (χ1) is 11.5. The maximum Gasteiger partial charge on any atom is 0.261 e. The van der Waals surface area contributed by atoms with Gasteiger partial charge in [0, 0.05) is 5.56 Å². The van der Waals surface area contributed by atoms with E-state index in [0.717, 1.165) is 5.56 Å². The smallest absolute Gasteiger partial charge is 0.261 e. The van der Waals surface area contributed by atoms with Gasteiger partial charge in [0.05, 0.1) is 10.6 Å². The van der Waals surface area contributed by atoms with Crippen molar-refractivity contribution in [3.8, 4) is 11.3 Å². The van der Waals surface area contributed by atoms with Crippen molar-refractivity contribution in [2.24, 2.45) is 0 Å². The van der Waals surface area contributed by atoms with Crippen molar-refractivity contribution in [1.29, 1.82) is 0 Å². The maximum atomic E-state index is 12.5. The average Bonchev–Trinajstić information content (AvgIpc) is 3.06. The highest BCUT2D eigenvalue weighted by Gasteiger charge is 2.15. The molecule has 6 heteroatoms. The summed E-state index contributed by atoms with van der Waals surface area (Å²) in [6.45, 7) is 1.84. The summed E-state index contributed by atoms with van der Waals surface area (Å²) in [6, 6.07) is 16.7. The second-order valence-corrected chi connectivity index (χ2v) is 6.95. The number of aldehydes is 1. The SMILES string of the molecule is Cc1ccccc1NS(=O)(=O)c1ccc(-c2ccc(C=O)o2)cc1. The number of nitrogens with one attached hydrogen (secondary N) is 1. The van der Waals surface area contributed by atoms with Crippen molar-refractivity contribution < 1.29 is 17.6 Å². The number of anilines is 1. The first kappa shape index (κ1) is 16.0. The van der Waals surface area contributed by atoms with E-state index in [1.54, 1.807) is 36.4 Å². The van der Waals surface area contributed by atoms with Crippen molar-refractivity contribution in [1.82, 2.24) is 0 Å². The second kappa shape index (κ2) is 6.33. The normalized spacial score (nSPS) is 11.2. The second-order valence-electron chi connectivity index (χ2n) is 5.26. The topological polar surface area (TPSA) is 76.4 Å². The lowest BCUT2D eigenvalue weighted by atomic mass is 10.2. The van der Waals surface area contributed by atoms with Crippen molar-refractivity contribution >= 4 is 22.0 Å². The van der Waals surface area contributed by atoms with E-state index in [-0.39, 0.29) is 10.7 Å². The van der Waals surface area contributed by atoms with E-state index in [2.05, 4.69) is 4.72 Å². The predicted molar refractivity (Wildman–Crippen MR) is 91.5 cm³/mol. The highest BCUT2D eigenvalue weighted by Crippen LogP contribution is 2.24. The van der Waals surface area contributed by atoms with E-state index in [0.29, 0.717) is 23.3 Å². The van der Waals surface area contributed by atoms with E-state index >= 15 is 0 Å². The number of sulfonamides is 1. The lowest BCUT2D eigenvalue weighted by molar-refractivity contribution is 0.110. The highest BCUT2D eigenvalue weighted by molar-refractivity contribution is 7.92. The van der Waals surface area contributed by atoms with Crippen molar-refractivity contribution in [2.75, 3.05) is 4.72 Å². The molecule has 1 heterocycles. The minimum atomic E-state index is -3.67. The standard InChI is InChI=1S/C18H15NO4S/c1-13-4-2-3-5-17(13)19-24(21,22)16-9-6-14(7-10-16)18-11-8-15(12-20)23-18/h2-12,19H,1H3. The molecule has 0 aliphatic carbocycles. The third-order valence-corrected chi connectivity index (χ3v) is 4.96. The van der Waals surface area contributed by atoms with Crippen molar-refractivity contribution in [3.05, 3.63) is 72.0 Å². The molecule has 3 aromatic rings. The van der Waals surface area contributed by atoms with E-state index in [1.807, 2.05) is 19.1 Å². The molecule has 2 aromatic carbocycles. The Morgan fingerprint density at radius 2 is 1.67 bits per heavy atom. The first-order valence-corrected chi connectivity index (χ1v) is 8.72. The van der Waals surface area contributed by atoms with E-state index < -0.39 is 10.0 Å². The van der Waals surface area contributed by atoms with Crippen LogP contribution in [0.3, 0.4) is 0 Å². The zero-order valence-corrected chi connectivity index (χ0v) is 13.7. The van der Waals surface area contributed by atoms with Gasteiger partial charge in [0.1, 0.15) is 5.76 Å². The molecule has 122 valence electrons. The van der Waals surface area contributed by atoms with E-state index in [9.17, 15) is 13.2 Å². The first-order valence-electron chi connectivity index (χ1n) is 7.23. The van der Waals surface area contributed by atoms with Gasteiger partial charge in [-0.15, -0.1) is 0 Å². The third-order valence-electron chi connectivity index (χ3n) is 3.58. The Morgan fingerprint density at radius 3 is 2.29 bits per heavy atom. The molecule has 24 heavy (non-hydrogen) atoms. The van der Waals surface area contributed by atoms with Crippen LogP contribution in [0.2, 0.25) is 0 Å². The number of carbonyl (C=O) groups is 1. The number of rotatable bonds is 5. The Labute approximate surface area is 140 Å². The number of furan rings is 1. The van der Waals surface area contributed by atoms with Gasteiger partial charge in [-0.25, -0.2) is 8.42 Å². The summed E-state index contributed by atoms with van der Waals surface area (Å²) in [6.07, 6.45) is 0.619. The largest absolute Gasteiger partial charge is 0.453 e. The van der Waals surface area contributed by atoms with Crippen LogP contribution in [-0.2, 0) is 10.0 Å². The highest BCUT2D eigenvalue weighted by atomic mass is 32.2. The van der Waals surface area contributed by atoms with Gasteiger partial charge in [0.15, 0.2) is 12.0 Å². The Hall–Kier alpha value is -2.86. The molecule has 3 rings (SSSR count). The molecule has 1 aromatic heterocycles. The summed E-state index contributed by atoms with van der Waals surface area (Å²) < 4.78 is 32.8. The zero-order valence-electron chi connectivity index (χ0n) is 12.9. The molecule has 5 nitrogen and oxygen atoms in total. The van der Waals surface area contributed by atoms with Crippen LogP contribution in [0.5, 0.6) is 0 Å². The van der Waals surface area contributed by atoms with Crippen LogP contribution < -0.4 is 4.72 Å². The molecule has 0 spiro atoms. The quantitative estimate of drug-likeness (QED) is 0.715. The summed E-state index contributed by atoms with van der Waals surface area (Å²) in [5.74, 6) is 0.732. The zero-order chi connectivity index (χ0) is 17.2. The fraction of sp³-hybridized carbons (Fsp3) is 0.0556. The van der Waals surface area contributed by atoms with Crippen LogP contribution in [-0.4, -0.2) is 14.7 Å². The minimum Gasteiger partial charge on any atom is -0.453 e. The van der Waals surface area contributed by atoms with Gasteiger partial charge in [-0.2, -0.15) is 0 Å². The summed E-state index contributed by atoms with van der Waals surface area (Å²) in [7, 11) is -3.67.